The maximum absolute atomic E-state index is 3.57. The molecule has 0 saturated carbocycles. The Balaban J connectivity index is 2.64. The van der Waals surface area contributed by atoms with Crippen LogP contribution < -0.4 is 5.32 Å². The molecule has 1 rings (SSSR count). The van der Waals surface area contributed by atoms with E-state index in [0.717, 1.165) is 6.54 Å². The Morgan fingerprint density at radius 2 is 2.00 bits per heavy atom. The van der Waals surface area contributed by atoms with Crippen molar-refractivity contribution in [2.75, 3.05) is 6.54 Å². The van der Waals surface area contributed by atoms with Crippen LogP contribution in [0.3, 0.4) is 0 Å². The van der Waals surface area contributed by atoms with Crippen molar-refractivity contribution < 1.29 is 0 Å². The lowest BCUT2D eigenvalue weighted by Crippen LogP contribution is -2.36. The number of thiophene rings is 1. The summed E-state index contributed by atoms with van der Waals surface area (Å²) < 4.78 is 1.21. The zero-order valence-corrected chi connectivity index (χ0v) is 13.9. The molecular weight excluding hydrogens is 294 g/mol. The zero-order chi connectivity index (χ0) is 13.1. The SMILES string of the molecule is CC(C)NCC(Cc1cc(Br)cs1)C(C)(C)C. The highest BCUT2D eigenvalue weighted by molar-refractivity contribution is 9.10. The zero-order valence-electron chi connectivity index (χ0n) is 11.5. The third-order valence-corrected chi connectivity index (χ3v) is 4.79. The van der Waals surface area contributed by atoms with Crippen molar-refractivity contribution in [1.82, 2.24) is 5.32 Å². The molecule has 0 aliphatic carbocycles. The largest absolute Gasteiger partial charge is 0.314 e. The lowest BCUT2D eigenvalue weighted by Gasteiger charge is -2.31. The Kier molecular flexibility index (Phi) is 5.68. The van der Waals surface area contributed by atoms with Gasteiger partial charge < -0.3 is 5.32 Å². The van der Waals surface area contributed by atoms with Gasteiger partial charge >= 0.3 is 0 Å². The Morgan fingerprint density at radius 3 is 2.41 bits per heavy atom. The Hall–Kier alpha value is 0.140. The first-order chi connectivity index (χ1) is 7.79. The van der Waals surface area contributed by atoms with Gasteiger partial charge in [-0.2, -0.15) is 0 Å². The van der Waals surface area contributed by atoms with Crippen molar-refractivity contribution in [2.24, 2.45) is 11.3 Å². The van der Waals surface area contributed by atoms with Gasteiger partial charge in [-0.05, 0) is 46.3 Å². The van der Waals surface area contributed by atoms with Crippen molar-refractivity contribution in [3.05, 3.63) is 20.8 Å². The molecule has 0 saturated heterocycles. The summed E-state index contributed by atoms with van der Waals surface area (Å²) in [6, 6.07) is 2.81. The first-order valence-corrected chi connectivity index (χ1v) is 7.92. The van der Waals surface area contributed by atoms with Crippen molar-refractivity contribution in [1.29, 1.82) is 0 Å². The quantitative estimate of drug-likeness (QED) is 0.829. The third kappa shape index (κ3) is 5.54. The molecule has 1 aromatic rings. The molecule has 1 unspecified atom stereocenters. The molecule has 0 aromatic carbocycles. The first-order valence-electron chi connectivity index (χ1n) is 6.25. The van der Waals surface area contributed by atoms with Gasteiger partial charge in [-0.15, -0.1) is 11.3 Å². The molecule has 17 heavy (non-hydrogen) atoms. The van der Waals surface area contributed by atoms with Gasteiger partial charge in [0.15, 0.2) is 0 Å². The van der Waals surface area contributed by atoms with Crippen LogP contribution >= 0.6 is 27.3 Å². The van der Waals surface area contributed by atoms with E-state index >= 15 is 0 Å². The molecule has 0 spiro atoms. The second-order valence-electron chi connectivity index (χ2n) is 6.06. The van der Waals surface area contributed by atoms with Gasteiger partial charge in [0.1, 0.15) is 0 Å². The number of hydrogen-bond donors (Lipinski definition) is 1. The van der Waals surface area contributed by atoms with Crippen molar-refractivity contribution in [3.8, 4) is 0 Å². The summed E-state index contributed by atoms with van der Waals surface area (Å²) in [5.41, 5.74) is 0.346. The van der Waals surface area contributed by atoms with Gasteiger partial charge in [0, 0.05) is 20.8 Å². The van der Waals surface area contributed by atoms with Crippen molar-refractivity contribution in [3.63, 3.8) is 0 Å². The Bertz CT molecular complexity index is 338. The van der Waals surface area contributed by atoms with Gasteiger partial charge in [-0.25, -0.2) is 0 Å². The van der Waals surface area contributed by atoms with Gasteiger partial charge in [-0.3, -0.25) is 0 Å². The van der Waals surface area contributed by atoms with E-state index in [9.17, 15) is 0 Å². The molecule has 98 valence electrons. The van der Waals surface area contributed by atoms with E-state index in [-0.39, 0.29) is 0 Å². The van der Waals surface area contributed by atoms with Crippen LogP contribution in [0.1, 0.15) is 39.5 Å². The summed E-state index contributed by atoms with van der Waals surface area (Å²) in [6.45, 7) is 12.5. The van der Waals surface area contributed by atoms with Crippen LogP contribution in [0.25, 0.3) is 0 Å². The fraction of sp³-hybridized carbons (Fsp3) is 0.714. The third-order valence-electron chi connectivity index (χ3n) is 3.07. The topological polar surface area (TPSA) is 12.0 Å². The normalized spacial score (nSPS) is 14.3. The van der Waals surface area contributed by atoms with Gasteiger partial charge in [-0.1, -0.05) is 34.6 Å². The molecule has 1 N–H and O–H groups in total. The second-order valence-corrected chi connectivity index (χ2v) is 7.97. The summed E-state index contributed by atoms with van der Waals surface area (Å²) in [5.74, 6) is 0.676. The Morgan fingerprint density at radius 1 is 1.35 bits per heavy atom. The smallest absolute Gasteiger partial charge is 0.0285 e. The van der Waals surface area contributed by atoms with E-state index in [0.29, 0.717) is 17.4 Å². The molecule has 1 nitrogen and oxygen atoms in total. The average molecular weight is 318 g/mol. The molecule has 1 heterocycles. The van der Waals surface area contributed by atoms with Crippen molar-refractivity contribution in [2.45, 2.75) is 47.1 Å². The summed E-state index contributed by atoms with van der Waals surface area (Å²) in [4.78, 5) is 1.47. The maximum atomic E-state index is 3.57. The minimum atomic E-state index is 0.346. The minimum absolute atomic E-state index is 0.346. The second kappa shape index (κ2) is 6.35. The molecule has 3 heteroatoms. The molecule has 0 amide bonds. The van der Waals surface area contributed by atoms with Crippen LogP contribution in [0, 0.1) is 11.3 Å². The van der Waals surface area contributed by atoms with Crippen LogP contribution in [0.2, 0.25) is 0 Å². The molecule has 0 fully saturated rings. The average Bonchev–Trinajstić information content (AvgIpc) is 2.56. The number of nitrogens with one attached hydrogen (secondary N) is 1. The lowest BCUT2D eigenvalue weighted by atomic mass is 9.78. The molecule has 1 aromatic heterocycles. The summed E-state index contributed by atoms with van der Waals surface area (Å²) >= 11 is 5.38. The van der Waals surface area contributed by atoms with Gasteiger partial charge in [0.25, 0.3) is 0 Å². The van der Waals surface area contributed by atoms with E-state index in [1.807, 2.05) is 11.3 Å². The number of halogens is 1. The highest BCUT2D eigenvalue weighted by atomic mass is 79.9. The van der Waals surface area contributed by atoms with Crippen LogP contribution in [0.5, 0.6) is 0 Å². The van der Waals surface area contributed by atoms with Gasteiger partial charge in [0.2, 0.25) is 0 Å². The highest BCUT2D eigenvalue weighted by Gasteiger charge is 2.25. The molecule has 1 atom stereocenters. The van der Waals surface area contributed by atoms with E-state index in [1.54, 1.807) is 0 Å². The Labute approximate surface area is 118 Å². The predicted octanol–water partition coefficient (Wildman–Crippen LogP) is 4.71. The predicted molar refractivity (Wildman–Crippen MR) is 81.8 cm³/mol. The molecule has 0 aliphatic rings. The van der Waals surface area contributed by atoms with Crippen LogP contribution in [0.15, 0.2) is 15.9 Å². The van der Waals surface area contributed by atoms with E-state index in [1.165, 1.54) is 15.8 Å². The van der Waals surface area contributed by atoms with Crippen LogP contribution in [0.4, 0.5) is 0 Å². The minimum Gasteiger partial charge on any atom is -0.314 e. The fourth-order valence-electron chi connectivity index (χ4n) is 1.77. The summed E-state index contributed by atoms with van der Waals surface area (Å²) in [6.07, 6.45) is 1.17. The highest BCUT2D eigenvalue weighted by Crippen LogP contribution is 2.31. The summed E-state index contributed by atoms with van der Waals surface area (Å²) in [7, 11) is 0. The first kappa shape index (κ1) is 15.2. The van der Waals surface area contributed by atoms with E-state index in [4.69, 9.17) is 0 Å². The molecule has 0 aliphatic heterocycles. The summed E-state index contributed by atoms with van der Waals surface area (Å²) in [5, 5.41) is 5.74. The lowest BCUT2D eigenvalue weighted by molar-refractivity contribution is 0.227. The number of hydrogen-bond acceptors (Lipinski definition) is 2. The molecule has 0 radical (unpaired) electrons. The monoisotopic (exact) mass is 317 g/mol. The molecular formula is C14H24BrNS. The van der Waals surface area contributed by atoms with E-state index in [2.05, 4.69) is 67.3 Å². The fourth-order valence-corrected chi connectivity index (χ4v) is 3.30. The van der Waals surface area contributed by atoms with Crippen LogP contribution in [-0.2, 0) is 6.42 Å². The number of rotatable bonds is 5. The standard InChI is InChI=1S/C14H24BrNS/c1-10(2)16-8-11(14(3,4)5)6-13-7-12(15)9-17-13/h7,9-11,16H,6,8H2,1-5H3. The van der Waals surface area contributed by atoms with Crippen molar-refractivity contribution >= 4 is 27.3 Å². The molecule has 0 bridgehead atoms. The van der Waals surface area contributed by atoms with Crippen LogP contribution in [-0.4, -0.2) is 12.6 Å². The van der Waals surface area contributed by atoms with Gasteiger partial charge in [0.05, 0.1) is 0 Å². The maximum Gasteiger partial charge on any atom is 0.0285 e. The van der Waals surface area contributed by atoms with E-state index < -0.39 is 0 Å².